The van der Waals surface area contributed by atoms with Crippen molar-refractivity contribution in [2.45, 2.75) is 25.9 Å². The van der Waals surface area contributed by atoms with Gasteiger partial charge in [-0.15, -0.1) is 0 Å². The van der Waals surface area contributed by atoms with Gasteiger partial charge in [0.1, 0.15) is 0 Å². The van der Waals surface area contributed by atoms with Crippen LogP contribution in [0.3, 0.4) is 0 Å². The van der Waals surface area contributed by atoms with Crippen molar-refractivity contribution in [2.75, 3.05) is 33.7 Å². The average Bonchev–Trinajstić information content (AvgIpc) is 3.17. The van der Waals surface area contributed by atoms with Gasteiger partial charge in [-0.25, -0.2) is 0 Å². The number of likely N-dealkylation sites (tertiary alicyclic amines) is 1. The van der Waals surface area contributed by atoms with Crippen LogP contribution < -0.4 is 10.6 Å². The normalized spacial score (nSPS) is 16.6. The molecule has 2 aromatic rings. The number of aliphatic imine (C=N–C) groups is 1. The zero-order valence-corrected chi connectivity index (χ0v) is 15.9. The molecule has 6 nitrogen and oxygen atoms in total. The van der Waals surface area contributed by atoms with E-state index in [9.17, 15) is 0 Å². The van der Waals surface area contributed by atoms with Crippen LogP contribution in [0.5, 0.6) is 0 Å². The Balaban J connectivity index is 1.51. The number of piperidine rings is 1. The Morgan fingerprint density at radius 1 is 1.15 bits per heavy atom. The molecule has 1 aromatic carbocycles. The molecule has 0 bridgehead atoms. The van der Waals surface area contributed by atoms with Gasteiger partial charge < -0.3 is 15.5 Å². The summed E-state index contributed by atoms with van der Waals surface area (Å²) in [4.78, 5) is 6.78. The minimum absolute atomic E-state index is 0.733. The molecular formula is C20H30N6. The highest BCUT2D eigenvalue weighted by atomic mass is 15.3. The molecule has 0 radical (unpaired) electrons. The number of nitrogens with one attached hydrogen (secondary N) is 2. The lowest BCUT2D eigenvalue weighted by atomic mass is 9.97. The van der Waals surface area contributed by atoms with E-state index in [0.29, 0.717) is 0 Å². The largest absolute Gasteiger partial charge is 0.356 e. The molecule has 0 atom stereocenters. The van der Waals surface area contributed by atoms with E-state index in [1.807, 2.05) is 30.2 Å². The number of rotatable bonds is 6. The third-order valence-electron chi connectivity index (χ3n) is 5.08. The Hall–Kier alpha value is -2.34. The molecule has 0 saturated carbocycles. The van der Waals surface area contributed by atoms with E-state index in [0.717, 1.165) is 31.5 Å². The standard InChI is InChI=1S/C20H30N6/c1-21-20(22-14-17-8-12-25(2)13-9-17)23-15-18-6-3-4-7-19(18)16-26-11-5-10-24-26/h3-7,10-11,17H,8-9,12-16H2,1-2H3,(H2,21,22,23). The fraction of sp³-hybridized carbons (Fsp3) is 0.500. The fourth-order valence-corrected chi connectivity index (χ4v) is 3.36. The van der Waals surface area contributed by atoms with Crippen molar-refractivity contribution in [3.63, 3.8) is 0 Å². The maximum absolute atomic E-state index is 4.37. The average molecular weight is 355 g/mol. The lowest BCUT2D eigenvalue weighted by Gasteiger charge is -2.29. The number of benzene rings is 1. The van der Waals surface area contributed by atoms with Gasteiger partial charge >= 0.3 is 0 Å². The Morgan fingerprint density at radius 2 is 1.92 bits per heavy atom. The third kappa shape index (κ3) is 5.33. The lowest BCUT2D eigenvalue weighted by molar-refractivity contribution is 0.220. The summed E-state index contributed by atoms with van der Waals surface area (Å²) >= 11 is 0. The summed E-state index contributed by atoms with van der Waals surface area (Å²) in [6.07, 6.45) is 6.32. The monoisotopic (exact) mass is 354 g/mol. The molecule has 2 N–H and O–H groups in total. The summed E-state index contributed by atoms with van der Waals surface area (Å²) in [5.41, 5.74) is 2.54. The van der Waals surface area contributed by atoms with Crippen molar-refractivity contribution >= 4 is 5.96 Å². The first kappa shape index (κ1) is 18.5. The molecule has 1 fully saturated rings. The molecule has 0 spiro atoms. The van der Waals surface area contributed by atoms with Gasteiger partial charge in [-0.1, -0.05) is 24.3 Å². The number of nitrogens with zero attached hydrogens (tertiary/aromatic N) is 4. The van der Waals surface area contributed by atoms with Crippen LogP contribution in [-0.2, 0) is 13.1 Å². The fourth-order valence-electron chi connectivity index (χ4n) is 3.36. The lowest BCUT2D eigenvalue weighted by Crippen LogP contribution is -2.42. The molecule has 0 aliphatic carbocycles. The first-order chi connectivity index (χ1) is 12.7. The topological polar surface area (TPSA) is 57.5 Å². The van der Waals surface area contributed by atoms with E-state index < -0.39 is 0 Å². The zero-order valence-electron chi connectivity index (χ0n) is 15.9. The highest BCUT2D eigenvalue weighted by Gasteiger charge is 2.16. The van der Waals surface area contributed by atoms with Crippen LogP contribution in [-0.4, -0.2) is 54.4 Å². The molecule has 0 unspecified atom stereocenters. The van der Waals surface area contributed by atoms with E-state index in [2.05, 4.69) is 56.9 Å². The van der Waals surface area contributed by atoms with Crippen molar-refractivity contribution in [3.8, 4) is 0 Å². The number of guanidine groups is 1. The molecule has 6 heteroatoms. The Kier molecular flexibility index (Phi) is 6.66. The first-order valence-corrected chi connectivity index (χ1v) is 9.42. The minimum Gasteiger partial charge on any atom is -0.356 e. The summed E-state index contributed by atoms with van der Waals surface area (Å²) in [5.74, 6) is 1.61. The summed E-state index contributed by atoms with van der Waals surface area (Å²) in [5, 5.41) is 11.3. The molecule has 3 rings (SSSR count). The second-order valence-electron chi connectivity index (χ2n) is 7.03. The van der Waals surface area contributed by atoms with Crippen LogP contribution in [0, 0.1) is 5.92 Å². The molecule has 1 aliphatic rings. The van der Waals surface area contributed by atoms with E-state index >= 15 is 0 Å². The van der Waals surface area contributed by atoms with Gasteiger partial charge in [-0.3, -0.25) is 9.67 Å². The van der Waals surface area contributed by atoms with E-state index in [-0.39, 0.29) is 0 Å². The minimum atomic E-state index is 0.733. The SMILES string of the molecule is CN=C(NCc1ccccc1Cn1cccn1)NCC1CCN(C)CC1. The van der Waals surface area contributed by atoms with E-state index in [4.69, 9.17) is 0 Å². The zero-order chi connectivity index (χ0) is 18.2. The molecule has 1 aliphatic heterocycles. The van der Waals surface area contributed by atoms with Crippen LogP contribution in [0.25, 0.3) is 0 Å². The molecular weight excluding hydrogens is 324 g/mol. The van der Waals surface area contributed by atoms with Gasteiger partial charge in [0.2, 0.25) is 0 Å². The quantitative estimate of drug-likeness (QED) is 0.615. The van der Waals surface area contributed by atoms with Gasteiger partial charge in [0.05, 0.1) is 6.54 Å². The number of aromatic nitrogens is 2. The van der Waals surface area contributed by atoms with E-state index in [1.165, 1.54) is 37.1 Å². The first-order valence-electron chi connectivity index (χ1n) is 9.42. The van der Waals surface area contributed by atoms with Gasteiger partial charge in [0.15, 0.2) is 5.96 Å². The van der Waals surface area contributed by atoms with Crippen molar-refractivity contribution in [1.82, 2.24) is 25.3 Å². The maximum Gasteiger partial charge on any atom is 0.191 e. The predicted octanol–water partition coefficient (Wildman–Crippen LogP) is 1.94. The summed E-state index contributed by atoms with van der Waals surface area (Å²) in [6, 6.07) is 10.4. The van der Waals surface area contributed by atoms with Gasteiger partial charge in [0.25, 0.3) is 0 Å². The number of hydrogen-bond donors (Lipinski definition) is 2. The van der Waals surface area contributed by atoms with Crippen LogP contribution in [0.4, 0.5) is 0 Å². The molecule has 1 aromatic heterocycles. The third-order valence-corrected chi connectivity index (χ3v) is 5.08. The van der Waals surface area contributed by atoms with Crippen molar-refractivity contribution < 1.29 is 0 Å². The Bertz CT molecular complexity index is 686. The smallest absolute Gasteiger partial charge is 0.191 e. The summed E-state index contributed by atoms with van der Waals surface area (Å²) in [6.45, 7) is 4.91. The Labute approximate surface area is 156 Å². The van der Waals surface area contributed by atoms with Crippen LogP contribution in [0.2, 0.25) is 0 Å². The van der Waals surface area contributed by atoms with Crippen LogP contribution >= 0.6 is 0 Å². The van der Waals surface area contributed by atoms with Gasteiger partial charge in [-0.05, 0) is 56.1 Å². The van der Waals surface area contributed by atoms with E-state index in [1.54, 1.807) is 0 Å². The number of hydrogen-bond acceptors (Lipinski definition) is 3. The summed E-state index contributed by atoms with van der Waals surface area (Å²) in [7, 11) is 4.03. The van der Waals surface area contributed by atoms with Gasteiger partial charge in [-0.2, -0.15) is 5.10 Å². The summed E-state index contributed by atoms with van der Waals surface area (Å²) < 4.78 is 1.95. The highest BCUT2D eigenvalue weighted by molar-refractivity contribution is 5.79. The van der Waals surface area contributed by atoms with Crippen LogP contribution in [0.1, 0.15) is 24.0 Å². The molecule has 140 valence electrons. The molecule has 0 amide bonds. The predicted molar refractivity (Wildman–Crippen MR) is 106 cm³/mol. The second kappa shape index (κ2) is 9.38. The van der Waals surface area contributed by atoms with Crippen molar-refractivity contribution in [1.29, 1.82) is 0 Å². The molecule has 2 heterocycles. The van der Waals surface area contributed by atoms with Crippen LogP contribution in [0.15, 0.2) is 47.7 Å². The molecule has 1 saturated heterocycles. The highest BCUT2D eigenvalue weighted by Crippen LogP contribution is 2.14. The second-order valence-corrected chi connectivity index (χ2v) is 7.03. The maximum atomic E-state index is 4.37. The molecule has 26 heavy (non-hydrogen) atoms. The van der Waals surface area contributed by atoms with Crippen molar-refractivity contribution in [3.05, 3.63) is 53.9 Å². The van der Waals surface area contributed by atoms with Gasteiger partial charge in [0, 0.05) is 32.5 Å². The van der Waals surface area contributed by atoms with Crippen molar-refractivity contribution in [2.24, 2.45) is 10.9 Å². The Morgan fingerprint density at radius 3 is 2.62 bits per heavy atom.